The minimum Gasteiger partial charge on any atom is -0.383 e. The van der Waals surface area contributed by atoms with Crippen LogP contribution >= 0.6 is 0 Å². The van der Waals surface area contributed by atoms with Crippen LogP contribution in [0.15, 0.2) is 0 Å². The normalized spacial score (nSPS) is 19.2. The van der Waals surface area contributed by atoms with E-state index in [1.807, 2.05) is 6.92 Å². The maximum Gasteiger partial charge on any atom is 0.234 e. The Morgan fingerprint density at radius 3 is 2.56 bits per heavy atom. The molecule has 1 saturated heterocycles. The topological polar surface area (TPSA) is 68.6 Å². The molecule has 0 aromatic rings. The molecular weight excluding hydrogens is 232 g/mol. The molecule has 1 unspecified atom stereocenters. The van der Waals surface area contributed by atoms with Crippen molar-refractivity contribution >= 4 is 5.91 Å². The molecule has 1 aliphatic heterocycles. The number of amides is 1. The molecule has 1 N–H and O–H groups in total. The lowest BCUT2D eigenvalue weighted by atomic mass is 10.3. The zero-order valence-electron chi connectivity index (χ0n) is 11.2. The number of piperazine rings is 1. The van der Waals surface area contributed by atoms with Gasteiger partial charge in [-0.3, -0.25) is 14.6 Å². The highest BCUT2D eigenvalue weighted by Gasteiger charge is 2.19. The molecule has 0 spiro atoms. The Balaban J connectivity index is 2.20. The number of nitrogens with one attached hydrogen (secondary N) is 1. The first kappa shape index (κ1) is 14.9. The van der Waals surface area contributed by atoms with Gasteiger partial charge in [-0.05, 0) is 6.92 Å². The summed E-state index contributed by atoms with van der Waals surface area (Å²) in [5, 5.41) is 11.5. The summed E-state index contributed by atoms with van der Waals surface area (Å²) in [7, 11) is 1.62. The number of rotatable bonds is 6. The number of carbonyl (C=O) groups excluding carboxylic acids is 1. The van der Waals surface area contributed by atoms with E-state index in [2.05, 4.69) is 21.2 Å². The van der Waals surface area contributed by atoms with Crippen molar-refractivity contribution in [1.29, 1.82) is 5.26 Å². The van der Waals surface area contributed by atoms with Gasteiger partial charge in [0.25, 0.3) is 0 Å². The molecule has 102 valence electrons. The molecule has 0 bridgehead atoms. The Hall–Kier alpha value is -1.16. The van der Waals surface area contributed by atoms with Crippen molar-refractivity contribution in [1.82, 2.24) is 15.1 Å². The molecule has 0 aliphatic carbocycles. The quantitative estimate of drug-likeness (QED) is 0.634. The van der Waals surface area contributed by atoms with Crippen molar-refractivity contribution in [3.63, 3.8) is 0 Å². The van der Waals surface area contributed by atoms with Gasteiger partial charge in [-0.15, -0.1) is 0 Å². The van der Waals surface area contributed by atoms with Crippen molar-refractivity contribution in [2.45, 2.75) is 13.0 Å². The van der Waals surface area contributed by atoms with Gasteiger partial charge in [0.15, 0.2) is 0 Å². The van der Waals surface area contributed by atoms with Crippen molar-refractivity contribution in [3.8, 4) is 6.07 Å². The molecule has 0 aromatic heterocycles. The van der Waals surface area contributed by atoms with Gasteiger partial charge in [0.1, 0.15) is 0 Å². The van der Waals surface area contributed by atoms with Crippen molar-refractivity contribution in [2.75, 3.05) is 53.0 Å². The lowest BCUT2D eigenvalue weighted by Crippen LogP contribution is -2.50. The van der Waals surface area contributed by atoms with Crippen LogP contribution in [0.25, 0.3) is 0 Å². The smallest absolute Gasteiger partial charge is 0.234 e. The first-order chi connectivity index (χ1) is 8.65. The second-order valence-electron chi connectivity index (χ2n) is 4.63. The highest BCUT2D eigenvalue weighted by atomic mass is 16.5. The van der Waals surface area contributed by atoms with E-state index < -0.39 is 0 Å². The summed E-state index contributed by atoms with van der Waals surface area (Å²) in [4.78, 5) is 15.9. The number of nitrogens with zero attached hydrogens (tertiary/aromatic N) is 3. The minimum atomic E-state index is 0.0354. The molecule has 6 nitrogen and oxygen atoms in total. The highest BCUT2D eigenvalue weighted by molar-refractivity contribution is 5.78. The van der Waals surface area contributed by atoms with Crippen LogP contribution in [0.2, 0.25) is 0 Å². The average molecular weight is 254 g/mol. The van der Waals surface area contributed by atoms with E-state index in [4.69, 9.17) is 10.00 Å². The van der Waals surface area contributed by atoms with Crippen molar-refractivity contribution in [2.24, 2.45) is 0 Å². The second kappa shape index (κ2) is 8.03. The van der Waals surface area contributed by atoms with E-state index in [0.717, 1.165) is 26.2 Å². The van der Waals surface area contributed by atoms with Gasteiger partial charge in [-0.25, -0.2) is 0 Å². The van der Waals surface area contributed by atoms with Gasteiger partial charge in [0, 0.05) is 39.3 Å². The zero-order valence-corrected chi connectivity index (χ0v) is 11.2. The Morgan fingerprint density at radius 2 is 2.00 bits per heavy atom. The first-order valence-corrected chi connectivity index (χ1v) is 6.25. The van der Waals surface area contributed by atoms with E-state index >= 15 is 0 Å². The maximum atomic E-state index is 11.7. The lowest BCUT2D eigenvalue weighted by molar-refractivity contribution is -0.123. The first-order valence-electron chi connectivity index (χ1n) is 6.25. The largest absolute Gasteiger partial charge is 0.383 e. The van der Waals surface area contributed by atoms with Crippen LogP contribution in [0.4, 0.5) is 0 Å². The third-order valence-electron chi connectivity index (χ3n) is 2.95. The average Bonchev–Trinajstić information content (AvgIpc) is 2.32. The maximum absolute atomic E-state index is 11.7. The molecule has 1 atom stereocenters. The van der Waals surface area contributed by atoms with Crippen molar-refractivity contribution < 1.29 is 9.53 Å². The third kappa shape index (κ3) is 5.45. The van der Waals surface area contributed by atoms with Crippen LogP contribution in [-0.4, -0.2) is 74.7 Å². The van der Waals surface area contributed by atoms with E-state index in [1.54, 1.807) is 7.11 Å². The number of ether oxygens (including phenoxy) is 1. The Bertz CT molecular complexity index is 295. The van der Waals surface area contributed by atoms with Crippen molar-refractivity contribution in [3.05, 3.63) is 0 Å². The summed E-state index contributed by atoms with van der Waals surface area (Å²) < 4.78 is 4.97. The predicted molar refractivity (Wildman–Crippen MR) is 68.0 cm³/mol. The molecule has 1 aliphatic rings. The predicted octanol–water partition coefficient (Wildman–Crippen LogP) is -0.721. The minimum absolute atomic E-state index is 0.0354. The summed E-state index contributed by atoms with van der Waals surface area (Å²) in [6.07, 6.45) is 0. The van der Waals surface area contributed by atoms with E-state index in [9.17, 15) is 4.79 Å². The number of hydrogen-bond donors (Lipinski definition) is 1. The second-order valence-corrected chi connectivity index (χ2v) is 4.63. The Labute approximate surface area is 108 Å². The van der Waals surface area contributed by atoms with Crippen LogP contribution < -0.4 is 5.32 Å². The summed E-state index contributed by atoms with van der Waals surface area (Å²) in [5.41, 5.74) is 0. The Kier molecular flexibility index (Phi) is 6.65. The van der Waals surface area contributed by atoms with Gasteiger partial charge < -0.3 is 10.1 Å². The molecule has 1 heterocycles. The SMILES string of the molecule is COCC(C)NC(=O)CN1CCN(CC#N)CC1. The molecular formula is C12H22N4O2. The molecule has 1 fully saturated rings. The highest BCUT2D eigenvalue weighted by Crippen LogP contribution is 2.00. The summed E-state index contributed by atoms with van der Waals surface area (Å²) in [6.45, 7) is 6.75. The molecule has 0 saturated carbocycles. The molecule has 1 rings (SSSR count). The van der Waals surface area contributed by atoms with E-state index in [-0.39, 0.29) is 11.9 Å². The van der Waals surface area contributed by atoms with Crippen LogP contribution in [0.1, 0.15) is 6.92 Å². The molecule has 0 radical (unpaired) electrons. The number of carbonyl (C=O) groups is 1. The summed E-state index contributed by atoms with van der Waals surface area (Å²) >= 11 is 0. The monoisotopic (exact) mass is 254 g/mol. The molecule has 6 heteroatoms. The summed E-state index contributed by atoms with van der Waals surface area (Å²) in [5.74, 6) is 0.0354. The van der Waals surface area contributed by atoms with E-state index in [1.165, 1.54) is 0 Å². The number of hydrogen-bond acceptors (Lipinski definition) is 5. The molecule has 0 aromatic carbocycles. The van der Waals surface area contributed by atoms with Crippen LogP contribution in [0.3, 0.4) is 0 Å². The third-order valence-corrected chi connectivity index (χ3v) is 2.95. The van der Waals surface area contributed by atoms with Crippen LogP contribution in [0.5, 0.6) is 0 Å². The fourth-order valence-electron chi connectivity index (χ4n) is 2.02. The van der Waals surface area contributed by atoms with E-state index in [0.29, 0.717) is 19.7 Å². The number of methoxy groups -OCH3 is 1. The van der Waals surface area contributed by atoms with Gasteiger partial charge in [0.2, 0.25) is 5.91 Å². The lowest BCUT2D eigenvalue weighted by Gasteiger charge is -2.33. The molecule has 1 amide bonds. The zero-order chi connectivity index (χ0) is 13.4. The van der Waals surface area contributed by atoms with Gasteiger partial charge in [0.05, 0.1) is 25.8 Å². The van der Waals surface area contributed by atoms with Gasteiger partial charge in [-0.1, -0.05) is 0 Å². The van der Waals surface area contributed by atoms with Gasteiger partial charge in [-0.2, -0.15) is 5.26 Å². The standard InChI is InChI=1S/C12H22N4O2/c1-11(10-18-2)14-12(17)9-16-7-5-15(4-3-13)6-8-16/h11H,4-10H2,1-2H3,(H,14,17). The Morgan fingerprint density at radius 1 is 1.39 bits per heavy atom. The number of nitriles is 1. The van der Waals surface area contributed by atoms with Gasteiger partial charge >= 0.3 is 0 Å². The van der Waals surface area contributed by atoms with Crippen LogP contribution in [0, 0.1) is 11.3 Å². The summed E-state index contributed by atoms with van der Waals surface area (Å²) in [6, 6.07) is 2.19. The molecule has 18 heavy (non-hydrogen) atoms. The fourth-order valence-corrected chi connectivity index (χ4v) is 2.02. The van der Waals surface area contributed by atoms with Crippen LogP contribution in [-0.2, 0) is 9.53 Å². The fraction of sp³-hybridized carbons (Fsp3) is 0.833.